The predicted molar refractivity (Wildman–Crippen MR) is 108 cm³/mol. The van der Waals surface area contributed by atoms with Gasteiger partial charge in [-0.05, 0) is 41.5 Å². The first-order chi connectivity index (χ1) is 13.4. The van der Waals surface area contributed by atoms with Gasteiger partial charge in [0.15, 0.2) is 5.82 Å². The molecule has 0 aliphatic carbocycles. The van der Waals surface area contributed by atoms with Gasteiger partial charge in [0.05, 0.1) is 0 Å². The fourth-order valence-electron chi connectivity index (χ4n) is 2.33. The molecule has 0 saturated carbocycles. The van der Waals surface area contributed by atoms with E-state index in [9.17, 15) is 9.59 Å². The molecule has 0 spiro atoms. The topological polar surface area (TPSA) is 119 Å². The molecule has 0 fully saturated rings. The number of nitrogens with one attached hydrogen (secondary N) is 2. The highest BCUT2D eigenvalue weighted by atomic mass is 16.6. The first-order valence-electron chi connectivity index (χ1n) is 9.36. The first kappa shape index (κ1) is 22.2. The summed E-state index contributed by atoms with van der Waals surface area (Å²) in [7, 11) is 0. The van der Waals surface area contributed by atoms with Crippen LogP contribution in [0.25, 0.3) is 11.4 Å². The predicted octanol–water partition coefficient (Wildman–Crippen LogP) is 2.28. The van der Waals surface area contributed by atoms with Crippen molar-refractivity contribution in [2.75, 3.05) is 0 Å². The molecule has 1 unspecified atom stereocenters. The maximum atomic E-state index is 12.7. The highest BCUT2D eigenvalue weighted by molar-refractivity contribution is 5.86. The Labute approximate surface area is 170 Å². The van der Waals surface area contributed by atoms with Gasteiger partial charge in [-0.3, -0.25) is 4.79 Å². The van der Waals surface area contributed by atoms with Gasteiger partial charge < -0.3 is 15.4 Å². The number of amides is 2. The molecule has 1 aromatic carbocycles. The Hall–Kier alpha value is -3.10. The number of aromatic nitrogens is 4. The zero-order valence-electron chi connectivity index (χ0n) is 17.7. The third-order valence-electron chi connectivity index (χ3n) is 3.44. The molecule has 0 bridgehead atoms. The monoisotopic (exact) mass is 400 g/mol. The minimum Gasteiger partial charge on any atom is -0.444 e. The zero-order valence-corrected chi connectivity index (χ0v) is 17.7. The van der Waals surface area contributed by atoms with Gasteiger partial charge in [0, 0.05) is 17.5 Å². The number of alkyl carbamates (subject to hydrolysis) is 1. The van der Waals surface area contributed by atoms with Crippen molar-refractivity contribution in [3.8, 4) is 11.4 Å². The molecule has 1 heterocycles. The van der Waals surface area contributed by atoms with Crippen LogP contribution in [0.3, 0.4) is 0 Å². The Bertz CT molecular complexity index is 826. The number of benzene rings is 1. The maximum Gasteiger partial charge on any atom is 0.408 e. The van der Waals surface area contributed by atoms with Crippen LogP contribution >= 0.6 is 0 Å². The summed E-state index contributed by atoms with van der Waals surface area (Å²) in [5.41, 5.74) is -0.376. The van der Waals surface area contributed by atoms with E-state index in [1.807, 2.05) is 51.1 Å². The highest BCUT2D eigenvalue weighted by Gasteiger charge is 2.28. The van der Waals surface area contributed by atoms with Crippen LogP contribution in [0.2, 0.25) is 0 Å². The van der Waals surface area contributed by atoms with Gasteiger partial charge in [0.25, 0.3) is 0 Å². The van der Waals surface area contributed by atoms with Gasteiger partial charge in [-0.15, -0.1) is 20.4 Å². The Balaban J connectivity index is 2.15. The van der Waals surface area contributed by atoms with E-state index >= 15 is 0 Å². The van der Waals surface area contributed by atoms with Gasteiger partial charge in [-0.25, -0.2) is 4.79 Å². The van der Waals surface area contributed by atoms with Crippen LogP contribution in [0.15, 0.2) is 30.3 Å². The van der Waals surface area contributed by atoms with Crippen LogP contribution in [0.4, 0.5) is 4.79 Å². The van der Waals surface area contributed by atoms with Gasteiger partial charge in [0.1, 0.15) is 11.6 Å². The van der Waals surface area contributed by atoms with Crippen LogP contribution in [0.1, 0.15) is 47.4 Å². The van der Waals surface area contributed by atoms with Crippen LogP contribution in [-0.4, -0.2) is 49.6 Å². The van der Waals surface area contributed by atoms with E-state index in [4.69, 9.17) is 4.74 Å². The molecule has 0 aliphatic rings. The molecule has 9 nitrogen and oxygen atoms in total. The number of carbonyl (C=O) groups excluding carboxylic acids is 2. The molecular weight excluding hydrogens is 372 g/mol. The van der Waals surface area contributed by atoms with Crippen LogP contribution in [-0.2, 0) is 16.0 Å². The Morgan fingerprint density at radius 3 is 2.07 bits per heavy atom. The van der Waals surface area contributed by atoms with Crippen molar-refractivity contribution < 1.29 is 14.3 Å². The van der Waals surface area contributed by atoms with Crippen molar-refractivity contribution >= 4 is 12.0 Å². The molecule has 1 aromatic heterocycles. The number of hydrogen-bond donors (Lipinski definition) is 2. The summed E-state index contributed by atoms with van der Waals surface area (Å²) in [5.74, 6) is 0.235. The van der Waals surface area contributed by atoms with Crippen LogP contribution in [0, 0.1) is 0 Å². The largest absolute Gasteiger partial charge is 0.444 e. The third kappa shape index (κ3) is 7.81. The summed E-state index contributed by atoms with van der Waals surface area (Å²) in [4.78, 5) is 24.9. The van der Waals surface area contributed by atoms with Crippen molar-refractivity contribution in [2.24, 2.45) is 0 Å². The minimum atomic E-state index is -0.935. The Kier molecular flexibility index (Phi) is 6.84. The van der Waals surface area contributed by atoms with Gasteiger partial charge in [-0.2, -0.15) is 0 Å². The second-order valence-electron chi connectivity index (χ2n) is 8.65. The zero-order chi connectivity index (χ0) is 21.7. The summed E-state index contributed by atoms with van der Waals surface area (Å²) in [6, 6.07) is 8.38. The molecule has 0 radical (unpaired) electrons. The van der Waals surface area contributed by atoms with Crippen molar-refractivity contribution in [2.45, 2.75) is 65.1 Å². The standard InChI is InChI=1S/C20H28N6O3/c1-19(2,3)22-17(27)14(21-18(28)29-20(4,5)6)12-15-23-25-16(26-24-15)13-10-8-7-9-11-13/h7-11,14H,12H2,1-6H3,(H,21,28)(H,22,27). The van der Waals surface area contributed by atoms with E-state index in [2.05, 4.69) is 31.0 Å². The van der Waals surface area contributed by atoms with Crippen molar-refractivity contribution in [3.63, 3.8) is 0 Å². The van der Waals surface area contributed by atoms with E-state index in [1.165, 1.54) is 0 Å². The summed E-state index contributed by atoms with van der Waals surface area (Å²) < 4.78 is 5.26. The fraction of sp³-hybridized carbons (Fsp3) is 0.500. The Morgan fingerprint density at radius 2 is 1.55 bits per heavy atom. The molecule has 2 amide bonds. The minimum absolute atomic E-state index is 0.0240. The summed E-state index contributed by atoms with van der Waals surface area (Å²) in [6.07, 6.45) is -0.677. The molecule has 0 aliphatic heterocycles. The van der Waals surface area contributed by atoms with Crippen molar-refractivity contribution in [3.05, 3.63) is 36.2 Å². The molecule has 9 heteroatoms. The Morgan fingerprint density at radius 1 is 0.966 bits per heavy atom. The SMILES string of the molecule is CC(C)(C)NC(=O)C(Cc1nnc(-c2ccccc2)nn1)NC(=O)OC(C)(C)C. The van der Waals surface area contributed by atoms with Crippen molar-refractivity contribution in [1.29, 1.82) is 0 Å². The smallest absolute Gasteiger partial charge is 0.408 e. The average molecular weight is 400 g/mol. The summed E-state index contributed by atoms with van der Waals surface area (Å²) in [6.45, 7) is 10.8. The van der Waals surface area contributed by atoms with Crippen molar-refractivity contribution in [1.82, 2.24) is 31.0 Å². The molecule has 2 aromatic rings. The van der Waals surface area contributed by atoms with E-state index in [0.717, 1.165) is 5.56 Å². The van der Waals surface area contributed by atoms with E-state index < -0.39 is 23.3 Å². The molecule has 2 N–H and O–H groups in total. The van der Waals surface area contributed by atoms with E-state index in [0.29, 0.717) is 5.82 Å². The van der Waals surface area contributed by atoms with Gasteiger partial charge in [-0.1, -0.05) is 30.3 Å². The molecule has 0 saturated heterocycles. The number of ether oxygens (including phenoxy) is 1. The lowest BCUT2D eigenvalue weighted by atomic mass is 10.1. The molecule has 2 rings (SSSR count). The van der Waals surface area contributed by atoms with Gasteiger partial charge in [0.2, 0.25) is 11.7 Å². The number of nitrogens with zero attached hydrogens (tertiary/aromatic N) is 4. The third-order valence-corrected chi connectivity index (χ3v) is 3.44. The lowest BCUT2D eigenvalue weighted by molar-refractivity contribution is -0.124. The molecule has 1 atom stereocenters. The van der Waals surface area contributed by atoms with E-state index in [1.54, 1.807) is 20.8 Å². The lowest BCUT2D eigenvalue weighted by Crippen LogP contribution is -2.53. The van der Waals surface area contributed by atoms with E-state index in [-0.39, 0.29) is 18.2 Å². The fourth-order valence-corrected chi connectivity index (χ4v) is 2.33. The second-order valence-corrected chi connectivity index (χ2v) is 8.65. The molecule has 29 heavy (non-hydrogen) atoms. The summed E-state index contributed by atoms with van der Waals surface area (Å²) >= 11 is 0. The first-order valence-corrected chi connectivity index (χ1v) is 9.36. The number of hydrogen-bond acceptors (Lipinski definition) is 7. The maximum absolute atomic E-state index is 12.7. The average Bonchev–Trinajstić information content (AvgIpc) is 2.59. The summed E-state index contributed by atoms with van der Waals surface area (Å²) in [5, 5.41) is 21.7. The lowest BCUT2D eigenvalue weighted by Gasteiger charge is -2.26. The van der Waals surface area contributed by atoms with Crippen LogP contribution < -0.4 is 10.6 Å². The highest BCUT2D eigenvalue weighted by Crippen LogP contribution is 2.12. The second kappa shape index (κ2) is 8.93. The van der Waals surface area contributed by atoms with Gasteiger partial charge >= 0.3 is 6.09 Å². The molecular formula is C20H28N6O3. The molecule has 156 valence electrons. The van der Waals surface area contributed by atoms with Crippen LogP contribution in [0.5, 0.6) is 0 Å². The normalized spacial score (nSPS) is 12.8. The number of carbonyl (C=O) groups is 2. The number of rotatable bonds is 5. The quantitative estimate of drug-likeness (QED) is 0.790.